The highest BCUT2D eigenvalue weighted by molar-refractivity contribution is 6.36. The first-order valence-electron chi connectivity index (χ1n) is 9.88. The predicted octanol–water partition coefficient (Wildman–Crippen LogP) is 4.64. The minimum absolute atomic E-state index is 0.0194. The molecular weight excluding hydrogens is 435 g/mol. The van der Waals surface area contributed by atoms with Crippen molar-refractivity contribution in [3.8, 4) is 22.8 Å². The van der Waals surface area contributed by atoms with Crippen LogP contribution in [0.4, 0.5) is 4.39 Å². The number of aromatic amines is 1. The number of aliphatic hydroxyl groups is 1. The number of nitrogens with zero attached hydrogens (tertiary/aromatic N) is 5. The molecule has 2 aromatic carbocycles. The summed E-state index contributed by atoms with van der Waals surface area (Å²) in [5.41, 5.74) is 3.07. The highest BCUT2D eigenvalue weighted by Crippen LogP contribution is 2.37. The van der Waals surface area contributed by atoms with Crippen molar-refractivity contribution in [2.45, 2.75) is 26.5 Å². The molecule has 162 valence electrons. The fourth-order valence-electron chi connectivity index (χ4n) is 3.46. The molecule has 0 unspecified atom stereocenters. The first-order valence-corrected chi connectivity index (χ1v) is 10.3. The van der Waals surface area contributed by atoms with E-state index in [4.69, 9.17) is 16.3 Å². The highest BCUT2D eigenvalue weighted by Gasteiger charge is 2.16. The lowest BCUT2D eigenvalue weighted by molar-refractivity contribution is 0.168. The van der Waals surface area contributed by atoms with Gasteiger partial charge in [0.05, 0.1) is 41.8 Å². The number of halogens is 2. The molecule has 0 bridgehead atoms. The first-order chi connectivity index (χ1) is 15.4. The van der Waals surface area contributed by atoms with Crippen molar-refractivity contribution in [1.82, 2.24) is 29.7 Å². The second kappa shape index (κ2) is 7.85. The number of aromatic nitrogens is 6. The zero-order valence-electron chi connectivity index (χ0n) is 17.2. The lowest BCUT2D eigenvalue weighted by atomic mass is 10.2. The maximum Gasteiger partial charge on any atom is 0.191 e. The molecule has 0 aliphatic rings. The van der Waals surface area contributed by atoms with E-state index in [9.17, 15) is 9.50 Å². The van der Waals surface area contributed by atoms with Crippen molar-refractivity contribution < 1.29 is 14.2 Å². The maximum atomic E-state index is 14.9. The van der Waals surface area contributed by atoms with Gasteiger partial charge in [0.15, 0.2) is 11.6 Å². The van der Waals surface area contributed by atoms with Gasteiger partial charge in [0.1, 0.15) is 27.6 Å². The van der Waals surface area contributed by atoms with Gasteiger partial charge < -0.3 is 14.8 Å². The summed E-state index contributed by atoms with van der Waals surface area (Å²) >= 11 is 6.58. The minimum atomic E-state index is -0.551. The van der Waals surface area contributed by atoms with Gasteiger partial charge in [0.25, 0.3) is 0 Å². The van der Waals surface area contributed by atoms with Crippen molar-refractivity contribution in [2.75, 3.05) is 0 Å². The fourth-order valence-corrected chi connectivity index (χ4v) is 3.70. The van der Waals surface area contributed by atoms with Gasteiger partial charge in [0, 0.05) is 11.8 Å². The molecule has 1 atom stereocenters. The Balaban J connectivity index is 1.52. The van der Waals surface area contributed by atoms with Crippen LogP contribution in [0, 0.1) is 12.7 Å². The number of hydrogen-bond acceptors (Lipinski definition) is 6. The molecular formula is C22H18ClFN6O2. The lowest BCUT2D eigenvalue weighted by Crippen LogP contribution is -2.11. The second-order valence-corrected chi connectivity index (χ2v) is 7.87. The van der Waals surface area contributed by atoms with E-state index >= 15 is 0 Å². The third-order valence-electron chi connectivity index (χ3n) is 4.90. The molecule has 0 fully saturated rings. The molecule has 3 heterocycles. The Kier molecular flexibility index (Phi) is 4.99. The van der Waals surface area contributed by atoms with Crippen LogP contribution >= 0.6 is 11.6 Å². The van der Waals surface area contributed by atoms with Crippen molar-refractivity contribution in [3.05, 3.63) is 59.5 Å². The predicted molar refractivity (Wildman–Crippen MR) is 118 cm³/mol. The summed E-state index contributed by atoms with van der Waals surface area (Å²) in [6, 6.07) is 6.52. The fraction of sp³-hybridized carbons (Fsp3) is 0.182. The monoisotopic (exact) mass is 452 g/mol. The molecule has 0 aliphatic heterocycles. The molecule has 3 aromatic heterocycles. The SMILES string of the molecule is Cc1nc2ccc(Oc3ccc4ncc(-c5cnn(C[C@@H](C)O)c5)nc4c3Cl)c(F)c2[nH]1. The van der Waals surface area contributed by atoms with Gasteiger partial charge in [-0.1, -0.05) is 11.6 Å². The molecule has 0 spiro atoms. The number of benzene rings is 2. The molecule has 32 heavy (non-hydrogen) atoms. The van der Waals surface area contributed by atoms with Crippen LogP contribution in [0.2, 0.25) is 5.02 Å². The maximum absolute atomic E-state index is 14.9. The smallest absolute Gasteiger partial charge is 0.191 e. The number of aryl methyl sites for hydroxylation is 1. The summed E-state index contributed by atoms with van der Waals surface area (Å²) in [5.74, 6) is 0.333. The van der Waals surface area contributed by atoms with E-state index in [1.54, 1.807) is 55.3 Å². The van der Waals surface area contributed by atoms with Crippen LogP contribution in [0.15, 0.2) is 42.9 Å². The Morgan fingerprint density at radius 3 is 2.75 bits per heavy atom. The third-order valence-corrected chi connectivity index (χ3v) is 5.26. The number of imidazole rings is 1. The number of H-pyrrole nitrogens is 1. The van der Waals surface area contributed by atoms with Crippen molar-refractivity contribution in [1.29, 1.82) is 0 Å². The van der Waals surface area contributed by atoms with Gasteiger partial charge in [-0.15, -0.1) is 0 Å². The molecule has 0 radical (unpaired) electrons. The lowest BCUT2D eigenvalue weighted by Gasteiger charge is -2.10. The average Bonchev–Trinajstić information content (AvgIpc) is 3.38. The Hall–Kier alpha value is -3.56. The van der Waals surface area contributed by atoms with Crippen LogP contribution in [0.3, 0.4) is 0 Å². The topological polar surface area (TPSA) is 102 Å². The molecule has 0 saturated heterocycles. The molecule has 5 rings (SSSR count). The Morgan fingerprint density at radius 2 is 1.94 bits per heavy atom. The summed E-state index contributed by atoms with van der Waals surface area (Å²) < 4.78 is 22.3. The van der Waals surface area contributed by atoms with E-state index in [0.717, 1.165) is 5.56 Å². The zero-order valence-corrected chi connectivity index (χ0v) is 17.9. The summed E-state index contributed by atoms with van der Waals surface area (Å²) in [6.07, 6.45) is 4.51. The molecule has 0 saturated carbocycles. The summed E-state index contributed by atoms with van der Waals surface area (Å²) in [7, 11) is 0. The van der Waals surface area contributed by atoms with Gasteiger partial charge in [-0.05, 0) is 38.1 Å². The Morgan fingerprint density at radius 1 is 1.16 bits per heavy atom. The number of rotatable bonds is 5. The summed E-state index contributed by atoms with van der Waals surface area (Å²) in [4.78, 5) is 16.1. The number of fused-ring (bicyclic) bond motifs is 2. The largest absolute Gasteiger partial charge is 0.453 e. The molecule has 5 aromatic rings. The van der Waals surface area contributed by atoms with Crippen LogP contribution < -0.4 is 4.74 Å². The molecule has 0 aliphatic carbocycles. The summed E-state index contributed by atoms with van der Waals surface area (Å²) in [6.45, 7) is 3.81. The molecule has 0 amide bonds. The minimum Gasteiger partial charge on any atom is -0.453 e. The molecule has 8 nitrogen and oxygen atoms in total. The van der Waals surface area contributed by atoms with E-state index in [1.165, 1.54) is 6.07 Å². The second-order valence-electron chi connectivity index (χ2n) is 7.50. The van der Waals surface area contributed by atoms with Gasteiger partial charge in [-0.25, -0.2) is 14.4 Å². The average molecular weight is 453 g/mol. The van der Waals surface area contributed by atoms with Gasteiger partial charge in [-0.3, -0.25) is 9.67 Å². The van der Waals surface area contributed by atoms with Crippen molar-refractivity contribution in [3.63, 3.8) is 0 Å². The van der Waals surface area contributed by atoms with Crippen LogP contribution in [0.25, 0.3) is 33.3 Å². The van der Waals surface area contributed by atoms with E-state index in [0.29, 0.717) is 34.6 Å². The van der Waals surface area contributed by atoms with Crippen molar-refractivity contribution >= 4 is 33.7 Å². The number of ether oxygens (including phenoxy) is 1. The Labute approximate surface area is 186 Å². The first kappa shape index (κ1) is 20.3. The van der Waals surface area contributed by atoms with E-state index < -0.39 is 11.9 Å². The quantitative estimate of drug-likeness (QED) is 0.402. The van der Waals surface area contributed by atoms with Crippen molar-refractivity contribution in [2.24, 2.45) is 0 Å². The Bertz CT molecular complexity index is 1460. The van der Waals surface area contributed by atoms with Crippen LogP contribution in [-0.4, -0.2) is 40.9 Å². The van der Waals surface area contributed by atoms with Gasteiger partial charge in [-0.2, -0.15) is 5.10 Å². The van der Waals surface area contributed by atoms with E-state index in [-0.39, 0.29) is 22.0 Å². The molecule has 10 heteroatoms. The number of hydrogen-bond donors (Lipinski definition) is 2. The number of aliphatic hydroxyl groups excluding tert-OH is 1. The zero-order chi connectivity index (χ0) is 22.4. The van der Waals surface area contributed by atoms with Gasteiger partial charge >= 0.3 is 0 Å². The number of nitrogens with one attached hydrogen (secondary N) is 1. The van der Waals surface area contributed by atoms with Gasteiger partial charge in [0.2, 0.25) is 0 Å². The molecule has 2 N–H and O–H groups in total. The standard InChI is InChI=1S/C22H18ClFN6O2/c1-11(31)9-30-10-13(7-26-30)16-8-25-14-3-5-17(19(23)21(14)29-16)32-18-6-4-15-22(20(18)24)28-12(2)27-15/h3-8,10-11,31H,9H2,1-2H3,(H,27,28)/t11-/m1/s1. The van der Waals surface area contributed by atoms with Crippen LogP contribution in [0.1, 0.15) is 12.7 Å². The van der Waals surface area contributed by atoms with E-state index in [1.807, 2.05) is 0 Å². The van der Waals surface area contributed by atoms with Crippen LogP contribution in [0.5, 0.6) is 11.5 Å². The van der Waals surface area contributed by atoms with E-state index in [2.05, 4.69) is 25.0 Å². The third kappa shape index (κ3) is 3.65. The normalized spacial score (nSPS) is 12.5. The van der Waals surface area contributed by atoms with Crippen LogP contribution in [-0.2, 0) is 6.54 Å². The summed E-state index contributed by atoms with van der Waals surface area (Å²) in [5, 5.41) is 14.0. The highest BCUT2D eigenvalue weighted by atomic mass is 35.5.